The molecule has 27 heavy (non-hydrogen) atoms. The molecule has 1 atom stereocenters. The summed E-state index contributed by atoms with van der Waals surface area (Å²) in [5, 5.41) is 0. The van der Waals surface area contributed by atoms with Crippen molar-refractivity contribution < 1.29 is 14.3 Å². The number of anilines is 2. The Morgan fingerprint density at radius 3 is 2.56 bits per heavy atom. The van der Waals surface area contributed by atoms with Crippen molar-refractivity contribution in [1.82, 2.24) is 4.98 Å². The van der Waals surface area contributed by atoms with Crippen LogP contribution in [-0.2, 0) is 4.74 Å². The monoisotopic (exact) mass is 372 g/mol. The molecule has 2 rings (SSSR count). The first-order valence-corrected chi connectivity index (χ1v) is 8.83. The summed E-state index contributed by atoms with van der Waals surface area (Å²) in [6.07, 6.45) is 1.46. The van der Waals surface area contributed by atoms with Gasteiger partial charge in [0.2, 0.25) is 0 Å². The number of benzene rings is 1. The Balaban J connectivity index is 2.20. The third-order valence-corrected chi connectivity index (χ3v) is 4.23. The minimum Gasteiger partial charge on any atom is -0.489 e. The number of primary amides is 1. The summed E-state index contributed by atoms with van der Waals surface area (Å²) in [5.74, 6) is 1.32. The molecule has 0 spiro atoms. The highest BCUT2D eigenvalue weighted by molar-refractivity contribution is 5.82. The van der Waals surface area contributed by atoms with Crippen molar-refractivity contribution in [2.24, 2.45) is 11.7 Å². The van der Waals surface area contributed by atoms with Crippen LogP contribution in [0.5, 0.6) is 5.75 Å². The van der Waals surface area contributed by atoms with Crippen LogP contribution in [0, 0.1) is 12.8 Å². The number of nitrogens with two attached hydrogens (primary N) is 3. The van der Waals surface area contributed by atoms with Crippen molar-refractivity contribution in [2.75, 3.05) is 18.1 Å². The third kappa shape index (κ3) is 5.26. The Bertz CT molecular complexity index is 823. The van der Waals surface area contributed by atoms with Gasteiger partial charge in [0.15, 0.2) is 0 Å². The van der Waals surface area contributed by atoms with Crippen LogP contribution >= 0.6 is 0 Å². The first-order valence-electron chi connectivity index (χ1n) is 8.83. The van der Waals surface area contributed by atoms with Gasteiger partial charge in [-0.1, -0.05) is 19.9 Å². The normalized spacial score (nSPS) is 13.2. The van der Waals surface area contributed by atoms with Gasteiger partial charge in [0.1, 0.15) is 23.8 Å². The van der Waals surface area contributed by atoms with Crippen LogP contribution < -0.4 is 21.9 Å². The molecule has 146 valence electrons. The van der Waals surface area contributed by atoms with E-state index in [9.17, 15) is 4.79 Å². The Labute approximate surface area is 159 Å². The van der Waals surface area contributed by atoms with Crippen LogP contribution in [0.4, 0.5) is 16.3 Å². The van der Waals surface area contributed by atoms with E-state index in [1.54, 1.807) is 6.20 Å². The van der Waals surface area contributed by atoms with Gasteiger partial charge in [-0.25, -0.2) is 9.78 Å². The molecule has 0 aliphatic rings. The second-order valence-corrected chi connectivity index (χ2v) is 7.40. The number of aryl methyl sites for hydroxylation is 1. The molecule has 0 fully saturated rings. The van der Waals surface area contributed by atoms with Gasteiger partial charge in [-0.15, -0.1) is 0 Å². The zero-order valence-electron chi connectivity index (χ0n) is 16.3. The number of pyridine rings is 1. The van der Waals surface area contributed by atoms with E-state index in [2.05, 4.69) is 4.98 Å². The smallest absolute Gasteiger partial charge is 0.405 e. The number of hydrogen-bond donors (Lipinski definition) is 3. The number of carbonyl (C=O) groups is 1. The summed E-state index contributed by atoms with van der Waals surface area (Å²) in [4.78, 5) is 15.2. The van der Waals surface area contributed by atoms with Gasteiger partial charge in [0, 0.05) is 11.8 Å². The van der Waals surface area contributed by atoms with Gasteiger partial charge in [0.05, 0.1) is 5.69 Å². The molecule has 0 bridgehead atoms. The number of nitrogens with zero attached hydrogens (tertiary/aromatic N) is 1. The highest BCUT2D eigenvalue weighted by atomic mass is 16.6. The quantitative estimate of drug-likeness (QED) is 0.683. The molecule has 7 nitrogen and oxygen atoms in total. The third-order valence-electron chi connectivity index (χ3n) is 4.23. The number of ether oxygens (including phenoxy) is 2. The van der Waals surface area contributed by atoms with Crippen molar-refractivity contribution in [1.29, 1.82) is 0 Å². The van der Waals surface area contributed by atoms with Crippen LogP contribution in [0.25, 0.3) is 11.1 Å². The maximum absolute atomic E-state index is 11.3. The zero-order valence-corrected chi connectivity index (χ0v) is 16.3. The Morgan fingerprint density at radius 1 is 1.26 bits per heavy atom. The van der Waals surface area contributed by atoms with Crippen molar-refractivity contribution in [3.63, 3.8) is 0 Å². The van der Waals surface area contributed by atoms with Crippen LogP contribution in [0.3, 0.4) is 0 Å². The van der Waals surface area contributed by atoms with E-state index in [0.29, 0.717) is 29.6 Å². The SMILES string of the molecule is Cc1cc(-c2ccnc(N)c2N)ccc1OC[C@](C)(CC(C)C)OC(N)=O. The molecule has 0 saturated heterocycles. The summed E-state index contributed by atoms with van der Waals surface area (Å²) in [6.45, 7) is 8.07. The second-order valence-electron chi connectivity index (χ2n) is 7.40. The lowest BCUT2D eigenvalue weighted by Crippen LogP contribution is -2.41. The summed E-state index contributed by atoms with van der Waals surface area (Å²) >= 11 is 0. The van der Waals surface area contributed by atoms with E-state index in [1.165, 1.54) is 0 Å². The topological polar surface area (TPSA) is 126 Å². The van der Waals surface area contributed by atoms with Gasteiger partial charge < -0.3 is 26.7 Å². The second kappa shape index (κ2) is 8.16. The first kappa shape index (κ1) is 20.4. The maximum atomic E-state index is 11.3. The average molecular weight is 372 g/mol. The zero-order chi connectivity index (χ0) is 20.2. The highest BCUT2D eigenvalue weighted by Gasteiger charge is 2.30. The fraction of sp³-hybridized carbons (Fsp3) is 0.400. The standard InChI is InChI=1S/C20H28N4O3/c1-12(2)10-20(4,27-19(23)25)11-26-16-6-5-14(9-13(16)3)15-7-8-24-18(22)17(15)21/h5-9,12H,10-11,21H2,1-4H3,(H2,22,24)(H2,23,25)/t20-/m0/s1. The molecule has 0 aliphatic heterocycles. The van der Waals surface area contributed by atoms with Crippen LogP contribution in [0.15, 0.2) is 30.5 Å². The minimum absolute atomic E-state index is 0.207. The van der Waals surface area contributed by atoms with E-state index >= 15 is 0 Å². The van der Waals surface area contributed by atoms with Crippen molar-refractivity contribution >= 4 is 17.6 Å². The molecular formula is C20H28N4O3. The van der Waals surface area contributed by atoms with Gasteiger partial charge in [-0.3, -0.25) is 0 Å². The van der Waals surface area contributed by atoms with E-state index in [4.69, 9.17) is 26.7 Å². The Hall–Kier alpha value is -2.96. The fourth-order valence-corrected chi connectivity index (χ4v) is 3.19. The lowest BCUT2D eigenvalue weighted by atomic mass is 9.95. The lowest BCUT2D eigenvalue weighted by molar-refractivity contribution is -0.0187. The number of aromatic nitrogens is 1. The first-order chi connectivity index (χ1) is 12.6. The molecule has 0 unspecified atom stereocenters. The maximum Gasteiger partial charge on any atom is 0.405 e. The minimum atomic E-state index is -0.806. The highest BCUT2D eigenvalue weighted by Crippen LogP contribution is 2.32. The van der Waals surface area contributed by atoms with Crippen LogP contribution in [0.2, 0.25) is 0 Å². The van der Waals surface area contributed by atoms with Crippen LogP contribution in [0.1, 0.15) is 32.8 Å². The molecule has 2 aromatic rings. The predicted molar refractivity (Wildman–Crippen MR) is 107 cm³/mol. The van der Waals surface area contributed by atoms with E-state index < -0.39 is 11.7 Å². The molecule has 1 aromatic heterocycles. The average Bonchev–Trinajstić information content (AvgIpc) is 2.54. The van der Waals surface area contributed by atoms with Crippen LogP contribution in [-0.4, -0.2) is 23.3 Å². The molecule has 6 N–H and O–H groups in total. The summed E-state index contributed by atoms with van der Waals surface area (Å²) < 4.78 is 11.3. The molecule has 7 heteroatoms. The molecule has 0 saturated carbocycles. The van der Waals surface area contributed by atoms with Gasteiger partial charge in [0.25, 0.3) is 0 Å². The van der Waals surface area contributed by atoms with Gasteiger partial charge >= 0.3 is 6.09 Å². The molecule has 1 heterocycles. The van der Waals surface area contributed by atoms with Crippen molar-refractivity contribution in [3.05, 3.63) is 36.0 Å². The van der Waals surface area contributed by atoms with Gasteiger partial charge in [-0.05, 0) is 55.5 Å². The molecule has 0 radical (unpaired) electrons. The molecule has 1 aromatic carbocycles. The summed E-state index contributed by atoms with van der Waals surface area (Å²) in [7, 11) is 0. The number of nitrogen functional groups attached to an aromatic ring is 2. The van der Waals surface area contributed by atoms with Crippen molar-refractivity contribution in [3.8, 4) is 16.9 Å². The van der Waals surface area contributed by atoms with Crippen molar-refractivity contribution in [2.45, 2.75) is 39.7 Å². The van der Waals surface area contributed by atoms with E-state index in [1.807, 2.05) is 52.0 Å². The number of hydrogen-bond acceptors (Lipinski definition) is 6. The van der Waals surface area contributed by atoms with E-state index in [-0.39, 0.29) is 6.61 Å². The lowest BCUT2D eigenvalue weighted by Gasteiger charge is -2.30. The number of rotatable bonds is 7. The number of amides is 1. The Morgan fingerprint density at radius 2 is 1.96 bits per heavy atom. The fourth-order valence-electron chi connectivity index (χ4n) is 3.19. The Kier molecular flexibility index (Phi) is 6.15. The summed E-state index contributed by atoms with van der Waals surface area (Å²) in [5.41, 5.74) is 19.4. The summed E-state index contributed by atoms with van der Waals surface area (Å²) in [6, 6.07) is 7.56. The number of carbonyl (C=O) groups excluding carboxylic acids is 1. The largest absolute Gasteiger partial charge is 0.489 e. The molecule has 0 aliphatic carbocycles. The molecular weight excluding hydrogens is 344 g/mol. The van der Waals surface area contributed by atoms with E-state index in [0.717, 1.165) is 16.7 Å². The predicted octanol–water partition coefficient (Wildman–Crippen LogP) is 3.50. The van der Waals surface area contributed by atoms with Gasteiger partial charge in [-0.2, -0.15) is 0 Å². The molecule has 1 amide bonds.